The summed E-state index contributed by atoms with van der Waals surface area (Å²) in [5.74, 6) is 0.254. The van der Waals surface area contributed by atoms with E-state index in [0.29, 0.717) is 49.0 Å². The number of amides is 1. The Kier molecular flexibility index (Phi) is 7.66. The Morgan fingerprint density at radius 1 is 1.19 bits per heavy atom. The molecule has 0 spiro atoms. The van der Waals surface area contributed by atoms with Crippen LogP contribution in [0.5, 0.6) is 5.75 Å². The quantitative estimate of drug-likeness (QED) is 0.688. The molecule has 1 saturated carbocycles. The van der Waals surface area contributed by atoms with Gasteiger partial charge in [0.1, 0.15) is 16.9 Å². The molecule has 1 aliphatic rings. The van der Waals surface area contributed by atoms with Gasteiger partial charge < -0.3 is 19.5 Å². The number of ether oxygens (including phenoxy) is 3. The normalized spacial score (nSPS) is 22.1. The highest BCUT2D eigenvalue weighted by atomic mass is 16.5. The molecule has 1 aromatic carbocycles. The van der Waals surface area contributed by atoms with Crippen molar-refractivity contribution in [2.24, 2.45) is 5.92 Å². The van der Waals surface area contributed by atoms with E-state index in [-0.39, 0.29) is 12.5 Å². The Morgan fingerprint density at radius 3 is 2.59 bits per heavy atom. The summed E-state index contributed by atoms with van der Waals surface area (Å²) in [5, 5.41) is 2.94. The summed E-state index contributed by atoms with van der Waals surface area (Å²) >= 11 is 0. The third kappa shape index (κ3) is 5.22. The van der Waals surface area contributed by atoms with Gasteiger partial charge in [0.25, 0.3) is 5.91 Å². The molecule has 0 unspecified atom stereocenters. The Labute approximate surface area is 161 Å². The van der Waals surface area contributed by atoms with Gasteiger partial charge in [0.2, 0.25) is 0 Å². The molecule has 0 aromatic heterocycles. The maximum atomic E-state index is 13.1. The van der Waals surface area contributed by atoms with E-state index in [2.05, 4.69) is 12.2 Å². The molecule has 6 heteroatoms. The van der Waals surface area contributed by atoms with Crippen LogP contribution < -0.4 is 10.1 Å². The molecule has 2 atom stereocenters. The number of anilines is 1. The molecule has 0 bridgehead atoms. The summed E-state index contributed by atoms with van der Waals surface area (Å²) in [5.41, 5.74) is 0.0255. The summed E-state index contributed by atoms with van der Waals surface area (Å²) in [4.78, 5) is 25.3. The molecule has 150 valence electrons. The number of carbonyl (C=O) groups excluding carboxylic acids is 2. The molecule has 2 rings (SSSR count). The lowest BCUT2D eigenvalue weighted by Gasteiger charge is -2.38. The van der Waals surface area contributed by atoms with Crippen LogP contribution in [-0.2, 0) is 14.3 Å². The monoisotopic (exact) mass is 377 g/mol. The fourth-order valence-corrected chi connectivity index (χ4v) is 3.68. The first-order valence-corrected chi connectivity index (χ1v) is 9.85. The minimum Gasteiger partial charge on any atom is -0.493 e. The van der Waals surface area contributed by atoms with Crippen LogP contribution in [0.3, 0.4) is 0 Å². The van der Waals surface area contributed by atoms with E-state index in [4.69, 9.17) is 14.2 Å². The van der Waals surface area contributed by atoms with Gasteiger partial charge in [0, 0.05) is 12.3 Å². The zero-order valence-corrected chi connectivity index (χ0v) is 16.8. The minimum absolute atomic E-state index is 0.158. The summed E-state index contributed by atoms with van der Waals surface area (Å²) in [6.07, 6.45) is 3.48. The molecule has 0 radical (unpaired) electrons. The zero-order chi connectivity index (χ0) is 19.9. The molecule has 27 heavy (non-hydrogen) atoms. The highest BCUT2D eigenvalue weighted by molar-refractivity contribution is 5.99. The average molecular weight is 377 g/mol. The topological polar surface area (TPSA) is 73.9 Å². The lowest BCUT2D eigenvalue weighted by Crippen LogP contribution is -2.48. The lowest BCUT2D eigenvalue weighted by molar-refractivity contribution is -0.147. The SMILES string of the molecule is CCOC(=O)c1cc(NC(=O)[C@]2(OCC)CCC[C@@H](C)C2)ccc1OCC. The van der Waals surface area contributed by atoms with Crippen molar-refractivity contribution in [1.29, 1.82) is 0 Å². The van der Waals surface area contributed by atoms with Gasteiger partial charge in [0.05, 0.1) is 13.2 Å². The molecule has 1 N–H and O–H groups in total. The zero-order valence-electron chi connectivity index (χ0n) is 16.8. The maximum Gasteiger partial charge on any atom is 0.341 e. The molecular weight excluding hydrogens is 346 g/mol. The summed E-state index contributed by atoms with van der Waals surface area (Å²) in [6, 6.07) is 5.02. The Hall–Kier alpha value is -2.08. The molecule has 0 heterocycles. The van der Waals surface area contributed by atoms with Crippen LogP contribution in [-0.4, -0.2) is 37.3 Å². The van der Waals surface area contributed by atoms with Gasteiger partial charge in [-0.15, -0.1) is 0 Å². The van der Waals surface area contributed by atoms with Gasteiger partial charge in [0.15, 0.2) is 0 Å². The van der Waals surface area contributed by atoms with Crippen LogP contribution >= 0.6 is 0 Å². The van der Waals surface area contributed by atoms with Crippen LogP contribution in [0.4, 0.5) is 5.69 Å². The van der Waals surface area contributed by atoms with E-state index >= 15 is 0 Å². The van der Waals surface area contributed by atoms with E-state index in [1.54, 1.807) is 25.1 Å². The van der Waals surface area contributed by atoms with Crippen molar-refractivity contribution >= 4 is 17.6 Å². The Balaban J connectivity index is 2.25. The van der Waals surface area contributed by atoms with Gasteiger partial charge in [-0.3, -0.25) is 4.79 Å². The smallest absolute Gasteiger partial charge is 0.341 e. The van der Waals surface area contributed by atoms with Crippen molar-refractivity contribution in [2.45, 2.75) is 59.0 Å². The number of esters is 1. The summed E-state index contributed by atoms with van der Waals surface area (Å²) < 4.78 is 16.5. The molecule has 1 aliphatic carbocycles. The third-order valence-electron chi connectivity index (χ3n) is 4.82. The van der Waals surface area contributed by atoms with Crippen LogP contribution in [0, 0.1) is 5.92 Å². The van der Waals surface area contributed by atoms with Crippen molar-refractivity contribution in [3.05, 3.63) is 23.8 Å². The van der Waals surface area contributed by atoms with Crippen molar-refractivity contribution in [2.75, 3.05) is 25.1 Å². The minimum atomic E-state index is -0.810. The van der Waals surface area contributed by atoms with Crippen LogP contribution in [0.2, 0.25) is 0 Å². The first-order chi connectivity index (χ1) is 13.0. The number of hydrogen-bond acceptors (Lipinski definition) is 5. The second-order valence-corrected chi connectivity index (χ2v) is 6.95. The van der Waals surface area contributed by atoms with E-state index in [0.717, 1.165) is 12.8 Å². The highest BCUT2D eigenvalue weighted by Crippen LogP contribution is 2.36. The van der Waals surface area contributed by atoms with E-state index < -0.39 is 11.6 Å². The maximum absolute atomic E-state index is 13.1. The van der Waals surface area contributed by atoms with Crippen LogP contribution in [0.1, 0.15) is 63.7 Å². The Morgan fingerprint density at radius 2 is 1.96 bits per heavy atom. The van der Waals surface area contributed by atoms with E-state index in [1.165, 1.54) is 0 Å². The number of benzene rings is 1. The molecule has 0 saturated heterocycles. The molecule has 1 amide bonds. The second kappa shape index (κ2) is 9.74. The summed E-state index contributed by atoms with van der Waals surface area (Å²) in [7, 11) is 0. The predicted molar refractivity (Wildman–Crippen MR) is 104 cm³/mol. The number of carbonyl (C=O) groups is 2. The molecule has 6 nitrogen and oxygen atoms in total. The first kappa shape index (κ1) is 21.2. The van der Waals surface area contributed by atoms with Gasteiger partial charge in [-0.2, -0.15) is 0 Å². The molecule has 0 aliphatic heterocycles. The number of rotatable bonds is 8. The van der Waals surface area contributed by atoms with Crippen molar-refractivity contribution in [3.8, 4) is 5.75 Å². The fourth-order valence-electron chi connectivity index (χ4n) is 3.68. The van der Waals surface area contributed by atoms with E-state index in [9.17, 15) is 9.59 Å². The summed E-state index contributed by atoms with van der Waals surface area (Å²) in [6.45, 7) is 8.84. The average Bonchev–Trinajstić information content (AvgIpc) is 2.63. The van der Waals surface area contributed by atoms with E-state index in [1.807, 2.05) is 13.8 Å². The first-order valence-electron chi connectivity index (χ1n) is 9.85. The fraction of sp³-hybridized carbons (Fsp3) is 0.619. The van der Waals surface area contributed by atoms with Crippen molar-refractivity contribution in [1.82, 2.24) is 0 Å². The Bertz CT molecular complexity index is 656. The van der Waals surface area contributed by atoms with Crippen LogP contribution in [0.25, 0.3) is 0 Å². The van der Waals surface area contributed by atoms with Crippen LogP contribution in [0.15, 0.2) is 18.2 Å². The predicted octanol–water partition coefficient (Wildman–Crippen LogP) is 4.19. The second-order valence-electron chi connectivity index (χ2n) is 6.95. The largest absolute Gasteiger partial charge is 0.493 e. The molecule has 1 fully saturated rings. The van der Waals surface area contributed by atoms with Gasteiger partial charge >= 0.3 is 5.97 Å². The van der Waals surface area contributed by atoms with Gasteiger partial charge in [-0.05, 0) is 64.2 Å². The lowest BCUT2D eigenvalue weighted by atomic mass is 9.78. The highest BCUT2D eigenvalue weighted by Gasteiger charge is 2.42. The molecule has 1 aromatic rings. The van der Waals surface area contributed by atoms with Crippen molar-refractivity contribution in [3.63, 3.8) is 0 Å². The standard InChI is InChI=1S/C21H31NO5/c1-5-25-18-11-10-16(13-17(18)19(23)26-6-2)22-20(24)21(27-7-3)12-8-9-15(4)14-21/h10-11,13,15H,5-9,12,14H2,1-4H3,(H,22,24)/t15-,21+/m1/s1. The van der Waals surface area contributed by atoms with Gasteiger partial charge in [-0.25, -0.2) is 4.79 Å². The van der Waals surface area contributed by atoms with Crippen molar-refractivity contribution < 1.29 is 23.8 Å². The number of nitrogens with one attached hydrogen (secondary N) is 1. The van der Waals surface area contributed by atoms with Gasteiger partial charge in [-0.1, -0.05) is 13.3 Å². The third-order valence-corrected chi connectivity index (χ3v) is 4.82. The number of hydrogen-bond donors (Lipinski definition) is 1. The molecular formula is C21H31NO5.